The Labute approximate surface area is 145 Å². The summed E-state index contributed by atoms with van der Waals surface area (Å²) in [4.78, 5) is 40.4. The van der Waals surface area contributed by atoms with E-state index >= 15 is 0 Å². The molecular weight excluding hydrogens is 348 g/mol. The van der Waals surface area contributed by atoms with Crippen LogP contribution in [0.1, 0.15) is 17.3 Å². The number of amides is 1. The van der Waals surface area contributed by atoms with E-state index in [0.717, 1.165) is 12.1 Å². The van der Waals surface area contributed by atoms with Crippen LogP contribution in [0.4, 0.5) is 14.5 Å². The molecule has 0 aliphatic carbocycles. The van der Waals surface area contributed by atoms with Gasteiger partial charge >= 0.3 is 11.7 Å². The van der Waals surface area contributed by atoms with Gasteiger partial charge in [-0.15, -0.1) is 0 Å². The Bertz CT molecular complexity index is 1040. The van der Waals surface area contributed by atoms with Gasteiger partial charge in [0.1, 0.15) is 11.6 Å². The Morgan fingerprint density at radius 2 is 1.69 bits per heavy atom. The highest BCUT2D eigenvalue weighted by molar-refractivity contribution is 5.98. The van der Waals surface area contributed by atoms with Gasteiger partial charge in [-0.1, -0.05) is 0 Å². The minimum atomic E-state index is -1.21. The molecule has 1 heterocycles. The van der Waals surface area contributed by atoms with Crippen LogP contribution in [0, 0.1) is 11.6 Å². The van der Waals surface area contributed by atoms with Gasteiger partial charge in [0.05, 0.1) is 16.6 Å². The molecule has 3 rings (SSSR count). The highest BCUT2D eigenvalue weighted by Crippen LogP contribution is 2.16. The van der Waals surface area contributed by atoms with E-state index in [1.165, 1.54) is 13.0 Å². The van der Waals surface area contributed by atoms with Crippen LogP contribution in [0.15, 0.2) is 41.2 Å². The highest BCUT2D eigenvalue weighted by Gasteiger charge is 2.20. The Morgan fingerprint density at radius 3 is 2.38 bits per heavy atom. The lowest BCUT2D eigenvalue weighted by Gasteiger charge is -2.13. The van der Waals surface area contributed by atoms with E-state index in [0.29, 0.717) is 22.8 Å². The SMILES string of the molecule is C[C@H](OC(=O)c1cc(F)cc(F)c1)C(=O)Nc1ccc2[nH]c(=O)[nH]c2c1. The van der Waals surface area contributed by atoms with E-state index in [1.807, 2.05) is 0 Å². The summed E-state index contributed by atoms with van der Waals surface area (Å²) in [7, 11) is 0. The van der Waals surface area contributed by atoms with Crippen molar-refractivity contribution in [2.45, 2.75) is 13.0 Å². The number of nitrogens with one attached hydrogen (secondary N) is 3. The fraction of sp³-hybridized carbons (Fsp3) is 0.118. The van der Waals surface area contributed by atoms with Gasteiger partial charge in [0, 0.05) is 11.8 Å². The van der Waals surface area contributed by atoms with Crippen molar-refractivity contribution in [2.75, 3.05) is 5.32 Å². The molecule has 0 unspecified atom stereocenters. The molecule has 26 heavy (non-hydrogen) atoms. The van der Waals surface area contributed by atoms with Crippen molar-refractivity contribution in [1.29, 1.82) is 0 Å². The molecule has 3 N–H and O–H groups in total. The summed E-state index contributed by atoms with van der Waals surface area (Å²) in [5, 5.41) is 2.52. The third-order valence-corrected chi connectivity index (χ3v) is 3.53. The number of fused-ring (bicyclic) bond motifs is 1. The van der Waals surface area contributed by atoms with Crippen LogP contribution in [-0.2, 0) is 9.53 Å². The van der Waals surface area contributed by atoms with E-state index in [4.69, 9.17) is 4.74 Å². The number of rotatable bonds is 4. The van der Waals surface area contributed by atoms with Gasteiger partial charge in [-0.05, 0) is 37.3 Å². The molecule has 0 aliphatic heterocycles. The number of H-pyrrole nitrogens is 2. The summed E-state index contributed by atoms with van der Waals surface area (Å²) in [5.41, 5.74) is 0.715. The lowest BCUT2D eigenvalue weighted by atomic mass is 10.2. The molecule has 1 atom stereocenters. The number of carbonyl (C=O) groups is 2. The maximum absolute atomic E-state index is 13.1. The van der Waals surface area contributed by atoms with Crippen molar-refractivity contribution in [1.82, 2.24) is 9.97 Å². The second kappa shape index (κ2) is 6.79. The number of benzene rings is 2. The number of carbonyl (C=O) groups excluding carboxylic acids is 2. The van der Waals surface area contributed by atoms with Crippen molar-refractivity contribution in [3.8, 4) is 0 Å². The van der Waals surface area contributed by atoms with Gasteiger partial charge in [0.25, 0.3) is 5.91 Å². The van der Waals surface area contributed by atoms with E-state index in [9.17, 15) is 23.2 Å². The average molecular weight is 361 g/mol. The molecule has 1 aromatic heterocycles. The first-order chi connectivity index (χ1) is 12.3. The van der Waals surface area contributed by atoms with Crippen LogP contribution in [0.2, 0.25) is 0 Å². The number of anilines is 1. The second-order valence-corrected chi connectivity index (χ2v) is 5.53. The molecule has 0 fully saturated rings. The van der Waals surface area contributed by atoms with E-state index < -0.39 is 29.6 Å². The minimum Gasteiger partial charge on any atom is -0.449 e. The average Bonchev–Trinajstić information content (AvgIpc) is 2.93. The van der Waals surface area contributed by atoms with E-state index in [-0.39, 0.29) is 11.3 Å². The first-order valence-electron chi connectivity index (χ1n) is 7.52. The molecule has 0 saturated heterocycles. The molecule has 0 aliphatic rings. The number of halogens is 2. The van der Waals surface area contributed by atoms with Crippen molar-refractivity contribution < 1.29 is 23.1 Å². The first-order valence-corrected chi connectivity index (χ1v) is 7.52. The molecule has 0 radical (unpaired) electrons. The zero-order valence-electron chi connectivity index (χ0n) is 13.4. The number of esters is 1. The van der Waals surface area contributed by atoms with Crippen LogP contribution in [-0.4, -0.2) is 27.9 Å². The van der Waals surface area contributed by atoms with Gasteiger partial charge in [-0.3, -0.25) is 4.79 Å². The van der Waals surface area contributed by atoms with Crippen LogP contribution < -0.4 is 11.0 Å². The third kappa shape index (κ3) is 3.77. The van der Waals surface area contributed by atoms with E-state index in [1.54, 1.807) is 12.1 Å². The van der Waals surface area contributed by atoms with Crippen molar-refractivity contribution >= 4 is 28.6 Å². The van der Waals surface area contributed by atoms with Crippen LogP contribution in [0.5, 0.6) is 0 Å². The van der Waals surface area contributed by atoms with E-state index in [2.05, 4.69) is 15.3 Å². The molecule has 0 spiro atoms. The van der Waals surface area contributed by atoms with Gasteiger partial charge < -0.3 is 20.0 Å². The zero-order chi connectivity index (χ0) is 18.8. The summed E-state index contributed by atoms with van der Waals surface area (Å²) in [6.45, 7) is 1.32. The van der Waals surface area contributed by atoms with Crippen LogP contribution in [0.3, 0.4) is 0 Å². The summed E-state index contributed by atoms with van der Waals surface area (Å²) < 4.78 is 31.2. The topological polar surface area (TPSA) is 104 Å². The summed E-state index contributed by atoms with van der Waals surface area (Å²) in [6.07, 6.45) is -1.21. The summed E-state index contributed by atoms with van der Waals surface area (Å²) in [6, 6.07) is 6.92. The van der Waals surface area contributed by atoms with Crippen LogP contribution >= 0.6 is 0 Å². The molecule has 7 nitrogen and oxygen atoms in total. The normalized spacial score (nSPS) is 12.0. The number of hydrogen-bond acceptors (Lipinski definition) is 4. The Kier molecular flexibility index (Phi) is 4.53. The number of aromatic nitrogens is 2. The van der Waals surface area contributed by atoms with Crippen molar-refractivity contribution in [2.24, 2.45) is 0 Å². The van der Waals surface area contributed by atoms with Gasteiger partial charge in [-0.2, -0.15) is 0 Å². The van der Waals surface area contributed by atoms with Gasteiger partial charge in [0.2, 0.25) is 0 Å². The quantitative estimate of drug-likeness (QED) is 0.620. The standard InChI is InChI=1S/C17H13F2N3O4/c1-8(26-16(24)9-4-10(18)6-11(19)5-9)15(23)20-12-2-3-13-14(7-12)22-17(25)21-13/h2-8H,1H3,(H,20,23)(H2,21,22,25)/t8-/m0/s1. The Balaban J connectivity index is 1.68. The fourth-order valence-corrected chi connectivity index (χ4v) is 2.31. The maximum atomic E-state index is 13.1. The van der Waals surface area contributed by atoms with Gasteiger partial charge in [-0.25, -0.2) is 18.4 Å². The molecule has 134 valence electrons. The smallest absolute Gasteiger partial charge is 0.339 e. The number of aromatic amines is 2. The first kappa shape index (κ1) is 17.3. The van der Waals surface area contributed by atoms with Crippen molar-refractivity contribution in [3.63, 3.8) is 0 Å². The molecule has 1 amide bonds. The lowest BCUT2D eigenvalue weighted by Crippen LogP contribution is -2.30. The maximum Gasteiger partial charge on any atom is 0.339 e. The predicted molar refractivity (Wildman–Crippen MR) is 88.8 cm³/mol. The summed E-state index contributed by atoms with van der Waals surface area (Å²) >= 11 is 0. The molecule has 0 saturated carbocycles. The monoisotopic (exact) mass is 361 g/mol. The largest absolute Gasteiger partial charge is 0.449 e. The van der Waals surface area contributed by atoms with Crippen molar-refractivity contribution in [3.05, 3.63) is 64.1 Å². The summed E-state index contributed by atoms with van der Waals surface area (Å²) in [5.74, 6) is -3.53. The highest BCUT2D eigenvalue weighted by atomic mass is 19.1. The third-order valence-electron chi connectivity index (χ3n) is 3.53. The Morgan fingerprint density at radius 1 is 1.04 bits per heavy atom. The molecule has 9 heteroatoms. The molecule has 0 bridgehead atoms. The number of ether oxygens (including phenoxy) is 1. The second-order valence-electron chi connectivity index (χ2n) is 5.53. The minimum absolute atomic E-state index is 0.339. The molecule has 3 aromatic rings. The van der Waals surface area contributed by atoms with Crippen LogP contribution in [0.25, 0.3) is 11.0 Å². The van der Waals surface area contributed by atoms with Gasteiger partial charge in [0.15, 0.2) is 6.10 Å². The Hall–Kier alpha value is -3.49. The fourth-order valence-electron chi connectivity index (χ4n) is 2.31. The lowest BCUT2D eigenvalue weighted by molar-refractivity contribution is -0.123. The predicted octanol–water partition coefficient (Wildman–Crippen LogP) is 2.32. The number of hydrogen-bond donors (Lipinski definition) is 3. The zero-order valence-corrected chi connectivity index (χ0v) is 13.4. The number of imidazole rings is 1. The molecular formula is C17H13F2N3O4. The molecule has 2 aromatic carbocycles.